The molecule has 5 aromatic heterocycles. The van der Waals surface area contributed by atoms with Crippen LogP contribution in [-0.2, 0) is 4.79 Å². The van der Waals surface area contributed by atoms with Crippen molar-refractivity contribution in [1.29, 1.82) is 0 Å². The van der Waals surface area contributed by atoms with Gasteiger partial charge in [0.1, 0.15) is 23.1 Å². The van der Waals surface area contributed by atoms with Crippen LogP contribution < -0.4 is 36.6 Å². The van der Waals surface area contributed by atoms with E-state index in [1.54, 1.807) is 49.0 Å². The SMILES string of the molecule is CNc1ccc(C(=O)Nc2ccc(N(C)C)nn2)c(NC2CC3(CC(CCC(=O)N4CCN(c5ccc(Nc6ncc7c(C)c(C(C)=O)c(=O)n(C8CCCC8)c7n6)nc5)CC4)C3)C2)n1. The maximum atomic E-state index is 13.6. The Morgan fingerprint density at radius 2 is 1.60 bits per heavy atom. The van der Waals surface area contributed by atoms with Crippen LogP contribution in [0, 0.1) is 18.3 Å². The summed E-state index contributed by atoms with van der Waals surface area (Å²) in [6, 6.07) is 11.2. The Bertz CT molecular complexity index is 2640. The predicted octanol–water partition coefficient (Wildman–Crippen LogP) is 6.20. The van der Waals surface area contributed by atoms with Gasteiger partial charge in [-0.2, -0.15) is 4.98 Å². The van der Waals surface area contributed by atoms with Crippen LogP contribution in [-0.4, -0.2) is 111 Å². The highest BCUT2D eigenvalue weighted by molar-refractivity contribution is 6.07. The van der Waals surface area contributed by atoms with E-state index >= 15 is 0 Å². The second-order valence-corrected chi connectivity index (χ2v) is 18.5. The quantitative estimate of drug-likeness (QED) is 0.0916. The molecular weight excluding hydrogens is 825 g/mol. The summed E-state index contributed by atoms with van der Waals surface area (Å²) in [5, 5.41) is 21.7. The lowest BCUT2D eigenvalue weighted by Crippen LogP contribution is -2.53. The molecule has 340 valence electrons. The zero-order chi connectivity index (χ0) is 45.4. The second-order valence-electron chi connectivity index (χ2n) is 18.5. The molecule has 18 heteroatoms. The number of anilines is 7. The first-order valence-corrected chi connectivity index (χ1v) is 22.8. The molecule has 3 aliphatic carbocycles. The van der Waals surface area contributed by atoms with Crippen molar-refractivity contribution in [1.82, 2.24) is 39.6 Å². The number of nitrogens with zero attached hydrogens (tertiary/aromatic N) is 10. The van der Waals surface area contributed by atoms with Crippen LogP contribution in [0.3, 0.4) is 0 Å². The molecular formula is C47H58N14O4. The highest BCUT2D eigenvalue weighted by Crippen LogP contribution is 2.60. The number of hydrogen-bond donors (Lipinski definition) is 4. The standard InChI is InChI=1S/C47H58N14O4/c1-28-35-27-50-46(55-43(35)61(32-8-6-7-9-32)45(65)41(28)29(2)62)54-37-13-11-33(26-49-37)59-18-20-60(21-19-59)40(63)17-10-30-22-47(23-30)24-31(25-47)51-42-34(12-14-36(48-3)52-42)44(64)53-38-15-16-39(57-56-38)58(4)5/h11-16,26-27,30-32H,6-10,17-25H2,1-5H3,(H2,48,51,52)(H,53,56,64)(H,49,50,54,55). The Morgan fingerprint density at radius 1 is 0.862 bits per heavy atom. The summed E-state index contributed by atoms with van der Waals surface area (Å²) in [6.45, 7) is 6.00. The average molecular weight is 883 g/mol. The van der Waals surface area contributed by atoms with Gasteiger partial charge in [-0.25, -0.2) is 15.0 Å². The third-order valence-electron chi connectivity index (χ3n) is 13.9. The molecule has 2 amide bonds. The van der Waals surface area contributed by atoms with Crippen molar-refractivity contribution in [2.24, 2.45) is 11.3 Å². The zero-order valence-electron chi connectivity index (χ0n) is 37.9. The van der Waals surface area contributed by atoms with E-state index in [4.69, 9.17) is 4.98 Å². The van der Waals surface area contributed by atoms with E-state index in [9.17, 15) is 19.2 Å². The number of carbonyl (C=O) groups excluding carboxylic acids is 3. The summed E-state index contributed by atoms with van der Waals surface area (Å²) in [6.07, 6.45) is 13.1. The first-order chi connectivity index (χ1) is 31.4. The van der Waals surface area contributed by atoms with E-state index in [1.165, 1.54) is 6.92 Å². The van der Waals surface area contributed by atoms with Crippen LogP contribution in [0.2, 0.25) is 0 Å². The molecule has 0 aromatic carbocycles. The maximum absolute atomic E-state index is 13.6. The Hall–Kier alpha value is -6.72. The predicted molar refractivity (Wildman–Crippen MR) is 251 cm³/mol. The second kappa shape index (κ2) is 18.0. The summed E-state index contributed by atoms with van der Waals surface area (Å²) in [4.78, 5) is 77.5. The van der Waals surface area contributed by atoms with Gasteiger partial charge >= 0.3 is 0 Å². The molecule has 0 unspecified atom stereocenters. The normalized spacial score (nSPS) is 20.6. The van der Waals surface area contributed by atoms with Crippen molar-refractivity contribution in [2.45, 2.75) is 90.1 Å². The van der Waals surface area contributed by atoms with E-state index in [2.05, 4.69) is 51.3 Å². The smallest absolute Gasteiger partial charge is 0.263 e. The summed E-state index contributed by atoms with van der Waals surface area (Å²) in [5.74, 6) is 3.41. The Balaban J connectivity index is 0.723. The monoisotopic (exact) mass is 882 g/mol. The molecule has 0 radical (unpaired) electrons. The number of aromatic nitrogens is 7. The number of Topliss-reactive ketones (excluding diaryl/α,β-unsaturated/α-hetero) is 1. The maximum Gasteiger partial charge on any atom is 0.263 e. The van der Waals surface area contributed by atoms with E-state index in [1.807, 2.05) is 42.2 Å². The van der Waals surface area contributed by atoms with Crippen molar-refractivity contribution >= 4 is 69.4 Å². The van der Waals surface area contributed by atoms with Crippen LogP contribution in [0.25, 0.3) is 11.0 Å². The highest BCUT2D eigenvalue weighted by atomic mass is 16.2. The molecule has 3 saturated carbocycles. The molecule has 1 saturated heterocycles. The minimum absolute atomic E-state index is 0.00113. The minimum Gasteiger partial charge on any atom is -0.373 e. The van der Waals surface area contributed by atoms with Gasteiger partial charge in [-0.3, -0.25) is 23.7 Å². The van der Waals surface area contributed by atoms with Gasteiger partial charge in [0.2, 0.25) is 11.9 Å². The van der Waals surface area contributed by atoms with Crippen LogP contribution in [0.5, 0.6) is 0 Å². The van der Waals surface area contributed by atoms with Gasteiger partial charge in [0, 0.05) is 77.4 Å². The number of pyridine rings is 3. The molecule has 1 spiro atoms. The number of aryl methyl sites for hydroxylation is 1. The Labute approximate surface area is 378 Å². The fourth-order valence-electron chi connectivity index (χ4n) is 10.5. The molecule has 4 fully saturated rings. The summed E-state index contributed by atoms with van der Waals surface area (Å²) >= 11 is 0. The van der Waals surface area contributed by atoms with Crippen LogP contribution in [0.1, 0.15) is 103 Å². The van der Waals surface area contributed by atoms with Gasteiger partial charge in [-0.15, -0.1) is 10.2 Å². The lowest BCUT2D eigenvalue weighted by atomic mass is 9.49. The molecule has 18 nitrogen and oxygen atoms in total. The summed E-state index contributed by atoms with van der Waals surface area (Å²) < 4.78 is 1.71. The molecule has 6 heterocycles. The van der Waals surface area contributed by atoms with E-state index in [-0.39, 0.29) is 40.8 Å². The largest absolute Gasteiger partial charge is 0.373 e. The Morgan fingerprint density at radius 3 is 2.26 bits per heavy atom. The number of nitrogens with one attached hydrogen (secondary N) is 4. The van der Waals surface area contributed by atoms with Crippen molar-refractivity contribution < 1.29 is 14.4 Å². The topological polar surface area (TPSA) is 208 Å². The lowest BCUT2D eigenvalue weighted by molar-refractivity contribution is -0.132. The fraction of sp³-hybridized carbons (Fsp3) is 0.489. The number of hydrogen-bond acceptors (Lipinski definition) is 15. The summed E-state index contributed by atoms with van der Waals surface area (Å²) in [7, 11) is 5.57. The molecule has 4 N–H and O–H groups in total. The zero-order valence-corrected chi connectivity index (χ0v) is 37.9. The van der Waals surface area contributed by atoms with Crippen LogP contribution in [0.15, 0.2) is 53.6 Å². The summed E-state index contributed by atoms with van der Waals surface area (Å²) in [5.41, 5.74) is 2.79. The first kappa shape index (κ1) is 43.5. The number of piperazine rings is 1. The molecule has 65 heavy (non-hydrogen) atoms. The number of fused-ring (bicyclic) bond motifs is 1. The Kier molecular flexibility index (Phi) is 12.1. The van der Waals surface area contributed by atoms with E-state index in [0.717, 1.165) is 76.6 Å². The van der Waals surface area contributed by atoms with Crippen molar-refractivity contribution in [3.8, 4) is 0 Å². The van der Waals surface area contributed by atoms with Gasteiger partial charge in [0.15, 0.2) is 17.4 Å². The van der Waals surface area contributed by atoms with Gasteiger partial charge < -0.3 is 36.0 Å². The molecule has 0 bridgehead atoms. The van der Waals surface area contributed by atoms with Gasteiger partial charge in [-0.1, -0.05) is 12.8 Å². The molecule has 1 aliphatic heterocycles. The number of carbonyl (C=O) groups is 3. The third-order valence-corrected chi connectivity index (χ3v) is 13.9. The first-order valence-electron chi connectivity index (χ1n) is 22.8. The van der Waals surface area contributed by atoms with Gasteiger partial charge in [0.25, 0.3) is 11.5 Å². The van der Waals surface area contributed by atoms with E-state index < -0.39 is 0 Å². The van der Waals surface area contributed by atoms with Crippen LogP contribution >= 0.6 is 0 Å². The lowest BCUT2D eigenvalue weighted by Gasteiger charge is -2.58. The van der Waals surface area contributed by atoms with Crippen molar-refractivity contribution in [2.75, 3.05) is 78.4 Å². The average Bonchev–Trinajstić information content (AvgIpc) is 3.81. The molecule has 5 aromatic rings. The number of ketones is 1. The fourth-order valence-corrected chi connectivity index (χ4v) is 10.5. The van der Waals surface area contributed by atoms with Gasteiger partial charge in [0.05, 0.1) is 23.0 Å². The molecule has 0 atom stereocenters. The van der Waals surface area contributed by atoms with Crippen molar-refractivity contribution in [3.05, 3.63) is 75.8 Å². The number of amides is 2. The molecule has 4 aliphatic rings. The third kappa shape index (κ3) is 9.02. The van der Waals surface area contributed by atoms with E-state index in [0.29, 0.717) is 88.0 Å². The minimum atomic E-state index is -0.302. The highest BCUT2D eigenvalue weighted by Gasteiger charge is 2.52. The number of rotatable bonds is 14. The van der Waals surface area contributed by atoms with Gasteiger partial charge in [-0.05, 0) is 112 Å². The van der Waals surface area contributed by atoms with Crippen molar-refractivity contribution in [3.63, 3.8) is 0 Å². The van der Waals surface area contributed by atoms with Crippen LogP contribution in [0.4, 0.5) is 40.7 Å². The molecule has 9 rings (SSSR count).